The number of fused-ring (bicyclic) bond motifs is 2. The molecular weight excluding hydrogens is 246 g/mol. The summed E-state index contributed by atoms with van der Waals surface area (Å²) in [5, 5.41) is 2.24. The van der Waals surface area contributed by atoms with E-state index in [1.165, 1.54) is 11.1 Å². The Kier molecular flexibility index (Phi) is 2.69. The van der Waals surface area contributed by atoms with Gasteiger partial charge >= 0.3 is 0 Å². The van der Waals surface area contributed by atoms with Crippen molar-refractivity contribution < 1.29 is 4.84 Å². The van der Waals surface area contributed by atoms with Crippen molar-refractivity contribution in [1.29, 1.82) is 0 Å². The zero-order valence-electron chi connectivity index (χ0n) is 11.7. The number of rotatable bonds is 2. The summed E-state index contributed by atoms with van der Waals surface area (Å²) in [5.41, 5.74) is 2.70. The molecule has 2 fully saturated rings. The van der Waals surface area contributed by atoms with Crippen molar-refractivity contribution in [3.8, 4) is 0 Å². The Morgan fingerprint density at radius 3 is 2.30 bits per heavy atom. The molecule has 0 aliphatic carbocycles. The molecule has 0 amide bonds. The van der Waals surface area contributed by atoms with E-state index in [2.05, 4.69) is 72.7 Å². The molecule has 0 saturated carbocycles. The highest BCUT2D eigenvalue weighted by Crippen LogP contribution is 2.53. The zero-order valence-corrected chi connectivity index (χ0v) is 11.7. The van der Waals surface area contributed by atoms with Crippen molar-refractivity contribution >= 4 is 0 Å². The van der Waals surface area contributed by atoms with Crippen LogP contribution in [-0.4, -0.2) is 11.2 Å². The van der Waals surface area contributed by atoms with E-state index in [4.69, 9.17) is 4.84 Å². The molecule has 2 nitrogen and oxygen atoms in total. The Morgan fingerprint density at radius 2 is 1.65 bits per heavy atom. The number of piperidine rings is 1. The monoisotopic (exact) mass is 265 g/mol. The number of hydrogen-bond acceptors (Lipinski definition) is 2. The highest BCUT2D eigenvalue weighted by atomic mass is 16.7. The molecular formula is C18H19NO. The molecule has 102 valence electrons. The van der Waals surface area contributed by atoms with E-state index in [0.29, 0.717) is 12.1 Å². The molecule has 0 spiro atoms. The van der Waals surface area contributed by atoms with Gasteiger partial charge in [-0.1, -0.05) is 60.7 Å². The molecule has 0 radical (unpaired) electrons. The molecule has 2 bridgehead atoms. The smallest absolute Gasteiger partial charge is 0.0834 e. The van der Waals surface area contributed by atoms with E-state index < -0.39 is 0 Å². The second-order valence-electron chi connectivity index (χ2n) is 6.06. The van der Waals surface area contributed by atoms with Crippen LogP contribution in [0.4, 0.5) is 0 Å². The van der Waals surface area contributed by atoms with E-state index in [1.807, 2.05) is 0 Å². The van der Waals surface area contributed by atoms with Crippen LogP contribution in [0.15, 0.2) is 60.7 Å². The van der Waals surface area contributed by atoms with Crippen LogP contribution in [0.5, 0.6) is 0 Å². The lowest BCUT2D eigenvalue weighted by molar-refractivity contribution is -0.166. The summed E-state index contributed by atoms with van der Waals surface area (Å²) < 4.78 is 0. The quantitative estimate of drug-likeness (QED) is 0.812. The van der Waals surface area contributed by atoms with Crippen molar-refractivity contribution in [3.63, 3.8) is 0 Å². The van der Waals surface area contributed by atoms with E-state index in [1.54, 1.807) is 0 Å². The van der Waals surface area contributed by atoms with Crippen molar-refractivity contribution in [1.82, 2.24) is 5.06 Å². The van der Waals surface area contributed by atoms with Crippen LogP contribution >= 0.6 is 0 Å². The van der Waals surface area contributed by atoms with Crippen molar-refractivity contribution in [2.75, 3.05) is 0 Å². The summed E-state index contributed by atoms with van der Waals surface area (Å²) in [6, 6.07) is 21.8. The Hall–Kier alpha value is -1.64. The highest BCUT2D eigenvalue weighted by molar-refractivity contribution is 5.29. The number of hydroxylamine groups is 2. The van der Waals surface area contributed by atoms with Gasteiger partial charge in [-0.2, -0.15) is 5.06 Å². The molecule has 2 aliphatic rings. The van der Waals surface area contributed by atoms with Gasteiger partial charge in [0, 0.05) is 6.42 Å². The number of hydrogen-bond donors (Lipinski definition) is 0. The maximum absolute atomic E-state index is 6.14. The number of nitrogens with zero attached hydrogens (tertiary/aromatic N) is 1. The first kappa shape index (κ1) is 12.1. The van der Waals surface area contributed by atoms with Crippen molar-refractivity contribution in [2.45, 2.75) is 37.5 Å². The molecule has 4 rings (SSSR count). The number of benzene rings is 2. The second-order valence-corrected chi connectivity index (χ2v) is 6.06. The summed E-state index contributed by atoms with van der Waals surface area (Å²) in [6.45, 7) is 2.30. The van der Waals surface area contributed by atoms with Gasteiger partial charge in [-0.3, -0.25) is 4.84 Å². The minimum atomic E-state index is -0.00924. The van der Waals surface area contributed by atoms with Crippen LogP contribution in [0.2, 0.25) is 0 Å². The van der Waals surface area contributed by atoms with E-state index >= 15 is 0 Å². The Labute approximate surface area is 119 Å². The maximum Gasteiger partial charge on any atom is 0.0834 e. The average Bonchev–Trinajstić information content (AvgIpc) is 3.07. The topological polar surface area (TPSA) is 12.5 Å². The SMILES string of the molecule is C[C@]1(c2ccccc2)C[C@H]2C[C@@H](c3ccccc3)N1O2. The Bertz CT molecular complexity index is 597. The first-order valence-corrected chi connectivity index (χ1v) is 7.34. The Balaban J connectivity index is 1.72. The summed E-state index contributed by atoms with van der Waals surface area (Å²) in [7, 11) is 0. The molecule has 4 atom stereocenters. The molecule has 1 unspecified atom stereocenters. The van der Waals surface area contributed by atoms with Gasteiger partial charge in [0.1, 0.15) is 0 Å². The predicted molar refractivity (Wildman–Crippen MR) is 78.9 cm³/mol. The van der Waals surface area contributed by atoms with E-state index in [0.717, 1.165) is 12.8 Å². The minimum Gasteiger partial charge on any atom is -0.294 e. The van der Waals surface area contributed by atoms with Gasteiger partial charge in [0.25, 0.3) is 0 Å². The largest absolute Gasteiger partial charge is 0.294 e. The summed E-state index contributed by atoms with van der Waals surface area (Å²) in [5.74, 6) is 0. The van der Waals surface area contributed by atoms with Crippen LogP contribution in [0.25, 0.3) is 0 Å². The fraction of sp³-hybridized carbons (Fsp3) is 0.333. The van der Waals surface area contributed by atoms with Gasteiger partial charge in [-0.25, -0.2) is 0 Å². The summed E-state index contributed by atoms with van der Waals surface area (Å²) >= 11 is 0. The first-order chi connectivity index (χ1) is 9.77. The van der Waals surface area contributed by atoms with Crippen LogP contribution < -0.4 is 0 Å². The zero-order chi connectivity index (χ0) is 13.6. The fourth-order valence-electron chi connectivity index (χ4n) is 3.72. The minimum absolute atomic E-state index is 0.00924. The van der Waals surface area contributed by atoms with Crippen molar-refractivity contribution in [2.24, 2.45) is 0 Å². The molecule has 2 heterocycles. The second kappa shape index (κ2) is 4.44. The van der Waals surface area contributed by atoms with Gasteiger partial charge in [0.05, 0.1) is 17.7 Å². The molecule has 20 heavy (non-hydrogen) atoms. The van der Waals surface area contributed by atoms with Crippen molar-refractivity contribution in [3.05, 3.63) is 71.8 Å². The summed E-state index contributed by atoms with van der Waals surface area (Å²) in [4.78, 5) is 6.14. The van der Waals surface area contributed by atoms with Crippen LogP contribution in [-0.2, 0) is 10.4 Å². The third-order valence-corrected chi connectivity index (χ3v) is 4.72. The van der Waals surface area contributed by atoms with E-state index in [-0.39, 0.29) is 5.54 Å². The predicted octanol–water partition coefficient (Wildman–Crippen LogP) is 4.05. The molecule has 2 heteroatoms. The van der Waals surface area contributed by atoms with E-state index in [9.17, 15) is 0 Å². The van der Waals surface area contributed by atoms with Gasteiger partial charge in [0.15, 0.2) is 0 Å². The van der Waals surface area contributed by atoms with Gasteiger partial charge in [-0.05, 0) is 24.5 Å². The van der Waals surface area contributed by atoms with Gasteiger partial charge in [-0.15, -0.1) is 0 Å². The van der Waals surface area contributed by atoms with Crippen LogP contribution in [0, 0.1) is 0 Å². The van der Waals surface area contributed by atoms with Gasteiger partial charge < -0.3 is 0 Å². The lowest BCUT2D eigenvalue weighted by atomic mass is 9.80. The molecule has 2 aromatic carbocycles. The molecule has 0 N–H and O–H groups in total. The van der Waals surface area contributed by atoms with Crippen LogP contribution in [0.3, 0.4) is 0 Å². The lowest BCUT2D eigenvalue weighted by Crippen LogP contribution is -2.41. The molecule has 0 aromatic heterocycles. The third-order valence-electron chi connectivity index (χ3n) is 4.72. The standard InChI is InChI=1S/C18H19NO/c1-18(15-10-6-3-7-11-15)13-16-12-17(19(18)20-16)14-8-4-2-5-9-14/h2-11,16-17H,12-13H2,1H3/t16-,17+,18-/m1/s1. The normalized spacial score (nSPS) is 35.4. The first-order valence-electron chi connectivity index (χ1n) is 7.34. The van der Waals surface area contributed by atoms with Crippen LogP contribution in [0.1, 0.15) is 36.9 Å². The maximum atomic E-state index is 6.14. The molecule has 2 aliphatic heterocycles. The van der Waals surface area contributed by atoms with Gasteiger partial charge in [0.2, 0.25) is 0 Å². The lowest BCUT2D eigenvalue weighted by Gasteiger charge is -2.39. The fourth-order valence-corrected chi connectivity index (χ4v) is 3.72. The highest BCUT2D eigenvalue weighted by Gasteiger charge is 2.54. The average molecular weight is 265 g/mol. The summed E-state index contributed by atoms with van der Waals surface area (Å²) in [6.07, 6.45) is 2.54. The third kappa shape index (κ3) is 1.72. The molecule has 2 aromatic rings. The molecule has 2 saturated heterocycles. The Morgan fingerprint density at radius 1 is 1.00 bits per heavy atom.